The fourth-order valence-electron chi connectivity index (χ4n) is 3.04. The van der Waals surface area contributed by atoms with Gasteiger partial charge < -0.3 is 14.7 Å². The number of carboxylic acids is 1. The van der Waals surface area contributed by atoms with Crippen LogP contribution in [0.25, 0.3) is 10.2 Å². The first kappa shape index (κ1) is 15.5. The molecule has 2 aliphatic rings. The van der Waals surface area contributed by atoms with Crippen molar-refractivity contribution in [3.63, 3.8) is 0 Å². The van der Waals surface area contributed by atoms with Gasteiger partial charge in [0, 0.05) is 6.54 Å². The van der Waals surface area contributed by atoms with Crippen LogP contribution in [0, 0.1) is 5.92 Å². The number of carboxylic acid groups (broad SMARTS) is 1. The molecule has 0 radical (unpaired) electrons. The van der Waals surface area contributed by atoms with Crippen molar-refractivity contribution in [2.45, 2.75) is 31.4 Å². The number of nitrogens with zero attached hydrogens (tertiary/aromatic N) is 2. The van der Waals surface area contributed by atoms with E-state index in [-0.39, 0.29) is 18.4 Å². The van der Waals surface area contributed by atoms with Crippen LogP contribution in [0.1, 0.15) is 30.3 Å². The number of hydrogen-bond acceptors (Lipinski definition) is 5. The molecule has 2 aromatic rings. The predicted molar refractivity (Wildman–Crippen MR) is 88.8 cm³/mol. The molecule has 1 aliphatic carbocycles. The minimum Gasteiger partial charge on any atom is -0.481 e. The summed E-state index contributed by atoms with van der Waals surface area (Å²) in [5.41, 5.74) is 0.920. The standard InChI is InChI=1S/C17H18N2O4S/c20-15(21)7-13-17(22)19(8-10-5-6-10)12(9-23-13)16-18-11-3-1-2-4-14(11)24-16/h1-4,10,12-13H,5-9H2,(H,20,21). The normalized spacial score (nSPS) is 24.5. The second-order valence-electron chi connectivity index (χ2n) is 6.39. The number of benzene rings is 1. The monoisotopic (exact) mass is 346 g/mol. The van der Waals surface area contributed by atoms with E-state index in [1.807, 2.05) is 24.3 Å². The number of amides is 1. The largest absolute Gasteiger partial charge is 0.481 e. The third-order valence-corrected chi connectivity index (χ3v) is 5.63. The van der Waals surface area contributed by atoms with E-state index < -0.39 is 12.1 Å². The number of hydrogen-bond donors (Lipinski definition) is 1. The van der Waals surface area contributed by atoms with E-state index in [1.165, 1.54) is 0 Å². The first-order chi connectivity index (χ1) is 11.6. The second-order valence-corrected chi connectivity index (χ2v) is 7.45. The Balaban J connectivity index is 1.62. The van der Waals surface area contributed by atoms with Gasteiger partial charge in [-0.3, -0.25) is 9.59 Å². The maximum atomic E-state index is 12.7. The Morgan fingerprint density at radius 2 is 2.17 bits per heavy atom. The van der Waals surface area contributed by atoms with Crippen LogP contribution in [0.3, 0.4) is 0 Å². The highest BCUT2D eigenvalue weighted by atomic mass is 32.1. The van der Waals surface area contributed by atoms with Crippen LogP contribution < -0.4 is 0 Å². The third kappa shape index (κ3) is 3.01. The van der Waals surface area contributed by atoms with Gasteiger partial charge in [0.05, 0.1) is 23.2 Å². The average Bonchev–Trinajstić information content (AvgIpc) is 3.26. The summed E-state index contributed by atoms with van der Waals surface area (Å²) in [4.78, 5) is 30.2. The summed E-state index contributed by atoms with van der Waals surface area (Å²) < 4.78 is 6.67. The lowest BCUT2D eigenvalue weighted by Gasteiger charge is -2.38. The Morgan fingerprint density at radius 1 is 1.38 bits per heavy atom. The Kier molecular flexibility index (Phi) is 3.97. The fraction of sp³-hybridized carbons (Fsp3) is 0.471. The molecule has 126 valence electrons. The molecule has 1 aliphatic heterocycles. The van der Waals surface area contributed by atoms with Gasteiger partial charge >= 0.3 is 5.97 Å². The topological polar surface area (TPSA) is 79.7 Å². The molecular weight excluding hydrogens is 328 g/mol. The number of morpholine rings is 1. The van der Waals surface area contributed by atoms with Gasteiger partial charge in [0.15, 0.2) is 0 Å². The highest BCUT2D eigenvalue weighted by molar-refractivity contribution is 7.18. The van der Waals surface area contributed by atoms with Crippen molar-refractivity contribution in [3.8, 4) is 0 Å². The van der Waals surface area contributed by atoms with E-state index in [4.69, 9.17) is 9.84 Å². The predicted octanol–water partition coefficient (Wildman–Crippen LogP) is 2.45. The second kappa shape index (κ2) is 6.14. The summed E-state index contributed by atoms with van der Waals surface area (Å²) in [6.07, 6.45) is 1.08. The zero-order valence-corrected chi connectivity index (χ0v) is 13.9. The number of aliphatic carboxylic acids is 1. The van der Waals surface area contributed by atoms with Crippen molar-refractivity contribution in [1.29, 1.82) is 0 Å². The number of aromatic nitrogens is 1. The van der Waals surface area contributed by atoms with E-state index >= 15 is 0 Å². The summed E-state index contributed by atoms with van der Waals surface area (Å²) in [6.45, 7) is 0.967. The average molecular weight is 346 g/mol. The minimum atomic E-state index is -1.02. The molecule has 1 aromatic heterocycles. The molecule has 6 nitrogen and oxygen atoms in total. The molecular formula is C17H18N2O4S. The molecule has 24 heavy (non-hydrogen) atoms. The lowest BCUT2D eigenvalue weighted by atomic mass is 10.1. The van der Waals surface area contributed by atoms with Crippen LogP contribution in [0.4, 0.5) is 0 Å². The molecule has 2 unspecified atom stereocenters. The van der Waals surface area contributed by atoms with E-state index in [9.17, 15) is 9.59 Å². The molecule has 7 heteroatoms. The first-order valence-electron chi connectivity index (χ1n) is 8.11. The third-order valence-electron chi connectivity index (χ3n) is 4.50. The van der Waals surface area contributed by atoms with Gasteiger partial charge in [-0.25, -0.2) is 4.98 Å². The number of carbonyl (C=O) groups is 2. The summed E-state index contributed by atoms with van der Waals surface area (Å²) in [5.74, 6) is -0.715. The molecule has 1 N–H and O–H groups in total. The Labute approximate surface area is 143 Å². The van der Waals surface area contributed by atoms with Crippen molar-refractivity contribution in [2.24, 2.45) is 5.92 Å². The van der Waals surface area contributed by atoms with E-state index in [0.717, 1.165) is 28.1 Å². The van der Waals surface area contributed by atoms with Crippen LogP contribution in [0.2, 0.25) is 0 Å². The van der Waals surface area contributed by atoms with Crippen molar-refractivity contribution in [3.05, 3.63) is 29.3 Å². The van der Waals surface area contributed by atoms with Gasteiger partial charge in [0.25, 0.3) is 5.91 Å². The lowest BCUT2D eigenvalue weighted by molar-refractivity contribution is -0.165. The van der Waals surface area contributed by atoms with Gasteiger partial charge in [0.2, 0.25) is 0 Å². The summed E-state index contributed by atoms with van der Waals surface area (Å²) in [5, 5.41) is 9.84. The van der Waals surface area contributed by atoms with E-state index in [2.05, 4.69) is 4.98 Å². The smallest absolute Gasteiger partial charge is 0.306 e. The number of para-hydroxylation sites is 1. The van der Waals surface area contributed by atoms with Gasteiger partial charge in [-0.15, -0.1) is 11.3 Å². The molecule has 2 fully saturated rings. The molecule has 1 amide bonds. The lowest BCUT2D eigenvalue weighted by Crippen LogP contribution is -2.50. The highest BCUT2D eigenvalue weighted by Gasteiger charge is 2.41. The minimum absolute atomic E-state index is 0.222. The Morgan fingerprint density at radius 3 is 2.88 bits per heavy atom. The quantitative estimate of drug-likeness (QED) is 0.899. The molecule has 4 rings (SSSR count). The SMILES string of the molecule is O=C(O)CC1OCC(c2nc3ccccc3s2)N(CC2CC2)C1=O. The number of carbonyl (C=O) groups excluding carboxylic acids is 1. The molecule has 1 aromatic carbocycles. The molecule has 2 heterocycles. The van der Waals surface area contributed by atoms with Crippen molar-refractivity contribution >= 4 is 33.4 Å². The molecule has 0 bridgehead atoms. The van der Waals surface area contributed by atoms with Crippen LogP contribution in [0.15, 0.2) is 24.3 Å². The number of fused-ring (bicyclic) bond motifs is 1. The maximum Gasteiger partial charge on any atom is 0.306 e. The number of thiazole rings is 1. The maximum absolute atomic E-state index is 12.7. The fourth-order valence-corrected chi connectivity index (χ4v) is 4.11. The molecule has 1 saturated carbocycles. The zero-order valence-electron chi connectivity index (χ0n) is 13.1. The molecule has 1 saturated heterocycles. The van der Waals surface area contributed by atoms with Gasteiger partial charge in [-0.2, -0.15) is 0 Å². The van der Waals surface area contributed by atoms with E-state index in [0.29, 0.717) is 19.1 Å². The molecule has 0 spiro atoms. The Bertz CT molecular complexity index is 753. The Hall–Kier alpha value is -1.99. The number of rotatable bonds is 5. The van der Waals surface area contributed by atoms with Crippen LogP contribution in [-0.2, 0) is 14.3 Å². The highest BCUT2D eigenvalue weighted by Crippen LogP contribution is 2.37. The van der Waals surface area contributed by atoms with Crippen LogP contribution >= 0.6 is 11.3 Å². The van der Waals surface area contributed by atoms with Gasteiger partial charge in [-0.1, -0.05) is 12.1 Å². The van der Waals surface area contributed by atoms with Crippen LogP contribution in [0.5, 0.6) is 0 Å². The van der Waals surface area contributed by atoms with Gasteiger partial charge in [0.1, 0.15) is 17.2 Å². The van der Waals surface area contributed by atoms with Crippen molar-refractivity contribution in [2.75, 3.05) is 13.2 Å². The number of ether oxygens (including phenoxy) is 1. The van der Waals surface area contributed by atoms with E-state index in [1.54, 1.807) is 16.2 Å². The summed E-state index contributed by atoms with van der Waals surface area (Å²) in [6, 6.07) is 7.66. The molecule has 2 atom stereocenters. The summed E-state index contributed by atoms with van der Waals surface area (Å²) in [7, 11) is 0. The van der Waals surface area contributed by atoms with Crippen LogP contribution in [-0.4, -0.2) is 46.1 Å². The summed E-state index contributed by atoms with van der Waals surface area (Å²) >= 11 is 1.57. The van der Waals surface area contributed by atoms with Crippen molar-refractivity contribution < 1.29 is 19.4 Å². The van der Waals surface area contributed by atoms with Gasteiger partial charge in [-0.05, 0) is 30.9 Å². The van der Waals surface area contributed by atoms with Crippen molar-refractivity contribution in [1.82, 2.24) is 9.88 Å². The first-order valence-corrected chi connectivity index (χ1v) is 8.93. The zero-order chi connectivity index (χ0) is 16.7.